The first-order valence-electron chi connectivity index (χ1n) is 9.12. The molecular formula is C22H20N2O5S. The van der Waals surface area contributed by atoms with E-state index >= 15 is 0 Å². The number of nitrogens with zero attached hydrogens (tertiary/aromatic N) is 1. The second-order valence-corrected chi connectivity index (χ2v) is 8.66. The number of amides is 1. The predicted octanol–water partition coefficient (Wildman–Crippen LogP) is 3.76. The molecule has 0 saturated heterocycles. The number of carbonyl (C=O) groups is 1. The lowest BCUT2D eigenvalue weighted by Crippen LogP contribution is -2.30. The van der Waals surface area contributed by atoms with Crippen molar-refractivity contribution in [2.45, 2.75) is 4.90 Å². The standard InChI is InChI=1S/C22H20N2O5S/c1-24-19-10-8-14(12-17(19)16-6-4-5-7-21(16)30(24,26)27)22(25)23-18-13-15(28-2)9-11-20(18)29-3/h4-13H,1-3H3,(H,23,25). The highest BCUT2D eigenvalue weighted by molar-refractivity contribution is 7.93. The lowest BCUT2D eigenvalue weighted by Gasteiger charge is -2.29. The van der Waals surface area contributed by atoms with Crippen LogP contribution in [-0.4, -0.2) is 35.6 Å². The van der Waals surface area contributed by atoms with E-state index in [-0.39, 0.29) is 10.8 Å². The van der Waals surface area contributed by atoms with Gasteiger partial charge in [0, 0.05) is 29.8 Å². The molecule has 3 aromatic carbocycles. The summed E-state index contributed by atoms with van der Waals surface area (Å²) in [5, 5.41) is 2.83. The fraction of sp³-hybridized carbons (Fsp3) is 0.136. The number of ether oxygens (including phenoxy) is 2. The Balaban J connectivity index is 1.75. The van der Waals surface area contributed by atoms with E-state index in [0.29, 0.717) is 39.6 Å². The van der Waals surface area contributed by atoms with E-state index in [1.54, 1.807) is 67.8 Å². The Morgan fingerprint density at radius 1 is 0.933 bits per heavy atom. The number of sulfonamides is 1. The number of rotatable bonds is 4. The van der Waals surface area contributed by atoms with Crippen LogP contribution in [0.15, 0.2) is 65.6 Å². The third kappa shape index (κ3) is 3.15. The number of benzene rings is 3. The Kier molecular flexibility index (Phi) is 4.87. The molecule has 1 amide bonds. The van der Waals surface area contributed by atoms with Crippen molar-refractivity contribution in [2.24, 2.45) is 0 Å². The van der Waals surface area contributed by atoms with Crippen molar-refractivity contribution in [1.82, 2.24) is 0 Å². The van der Waals surface area contributed by atoms with Crippen LogP contribution in [0.4, 0.5) is 11.4 Å². The van der Waals surface area contributed by atoms with Gasteiger partial charge in [-0.15, -0.1) is 0 Å². The zero-order valence-corrected chi connectivity index (χ0v) is 17.5. The molecular weight excluding hydrogens is 404 g/mol. The Hall–Kier alpha value is -3.52. The molecule has 1 aliphatic heterocycles. The molecule has 0 saturated carbocycles. The summed E-state index contributed by atoms with van der Waals surface area (Å²) in [5.74, 6) is 0.730. The summed E-state index contributed by atoms with van der Waals surface area (Å²) >= 11 is 0. The summed E-state index contributed by atoms with van der Waals surface area (Å²) in [5.41, 5.74) is 2.62. The number of hydrogen-bond donors (Lipinski definition) is 1. The van der Waals surface area contributed by atoms with Gasteiger partial charge in [0.15, 0.2) is 0 Å². The van der Waals surface area contributed by atoms with Crippen LogP contribution in [0.1, 0.15) is 10.4 Å². The molecule has 0 aromatic heterocycles. The van der Waals surface area contributed by atoms with Crippen LogP contribution >= 0.6 is 0 Å². The van der Waals surface area contributed by atoms with Gasteiger partial charge in [0.1, 0.15) is 11.5 Å². The first-order chi connectivity index (χ1) is 14.4. The smallest absolute Gasteiger partial charge is 0.264 e. The van der Waals surface area contributed by atoms with Gasteiger partial charge >= 0.3 is 0 Å². The summed E-state index contributed by atoms with van der Waals surface area (Å²) in [6.07, 6.45) is 0. The van der Waals surface area contributed by atoms with E-state index in [1.165, 1.54) is 18.5 Å². The SMILES string of the molecule is COc1ccc(OC)c(NC(=O)c2ccc3c(c2)-c2ccccc2S(=O)(=O)N3C)c1. The molecule has 0 atom stereocenters. The van der Waals surface area contributed by atoms with Crippen molar-refractivity contribution in [3.63, 3.8) is 0 Å². The monoisotopic (exact) mass is 424 g/mol. The van der Waals surface area contributed by atoms with Crippen LogP contribution < -0.4 is 19.1 Å². The number of fused-ring (bicyclic) bond motifs is 3. The molecule has 0 bridgehead atoms. The average molecular weight is 424 g/mol. The number of hydrogen-bond acceptors (Lipinski definition) is 5. The summed E-state index contributed by atoms with van der Waals surface area (Å²) in [4.78, 5) is 13.2. The topological polar surface area (TPSA) is 84.9 Å². The van der Waals surface area contributed by atoms with E-state index in [1.807, 2.05) is 0 Å². The molecule has 3 aromatic rings. The molecule has 1 aliphatic rings. The average Bonchev–Trinajstić information content (AvgIpc) is 2.77. The maximum absolute atomic E-state index is 12.9. The molecule has 0 fully saturated rings. The van der Waals surface area contributed by atoms with Crippen molar-refractivity contribution in [3.8, 4) is 22.6 Å². The number of carbonyl (C=O) groups excluding carboxylic acids is 1. The van der Waals surface area contributed by atoms with Crippen molar-refractivity contribution >= 4 is 27.3 Å². The third-order valence-electron chi connectivity index (χ3n) is 5.07. The van der Waals surface area contributed by atoms with Crippen LogP contribution in [0.25, 0.3) is 11.1 Å². The molecule has 0 aliphatic carbocycles. The van der Waals surface area contributed by atoms with Crippen molar-refractivity contribution in [2.75, 3.05) is 30.9 Å². The highest BCUT2D eigenvalue weighted by Crippen LogP contribution is 2.42. The Bertz CT molecular complexity index is 1250. The zero-order chi connectivity index (χ0) is 21.5. The van der Waals surface area contributed by atoms with Gasteiger partial charge in [-0.25, -0.2) is 8.42 Å². The van der Waals surface area contributed by atoms with Crippen LogP contribution in [0.3, 0.4) is 0 Å². The third-order valence-corrected chi connectivity index (χ3v) is 6.90. The van der Waals surface area contributed by atoms with Gasteiger partial charge in [0.2, 0.25) is 0 Å². The van der Waals surface area contributed by atoms with Gasteiger partial charge < -0.3 is 14.8 Å². The van der Waals surface area contributed by atoms with E-state index in [4.69, 9.17) is 9.47 Å². The molecule has 0 radical (unpaired) electrons. The van der Waals surface area contributed by atoms with Crippen LogP contribution in [-0.2, 0) is 10.0 Å². The molecule has 7 nitrogen and oxygen atoms in total. The van der Waals surface area contributed by atoms with E-state index < -0.39 is 10.0 Å². The fourth-order valence-electron chi connectivity index (χ4n) is 3.46. The first-order valence-corrected chi connectivity index (χ1v) is 10.6. The van der Waals surface area contributed by atoms with Crippen LogP contribution in [0.2, 0.25) is 0 Å². The molecule has 0 unspecified atom stereocenters. The minimum absolute atomic E-state index is 0.215. The molecule has 154 valence electrons. The number of anilines is 2. The van der Waals surface area contributed by atoms with Gasteiger partial charge in [0.25, 0.3) is 15.9 Å². The number of nitrogens with one attached hydrogen (secondary N) is 1. The molecule has 1 N–H and O–H groups in total. The van der Waals surface area contributed by atoms with E-state index in [2.05, 4.69) is 5.32 Å². The molecule has 8 heteroatoms. The van der Waals surface area contributed by atoms with E-state index in [9.17, 15) is 13.2 Å². The maximum Gasteiger partial charge on any atom is 0.264 e. The predicted molar refractivity (Wildman–Crippen MR) is 115 cm³/mol. The van der Waals surface area contributed by atoms with Crippen molar-refractivity contribution < 1.29 is 22.7 Å². The lowest BCUT2D eigenvalue weighted by molar-refractivity contribution is 0.102. The second kappa shape index (κ2) is 7.38. The highest BCUT2D eigenvalue weighted by Gasteiger charge is 2.32. The summed E-state index contributed by atoms with van der Waals surface area (Å²) in [7, 11) is 0.933. The van der Waals surface area contributed by atoms with Gasteiger partial charge in [-0.05, 0) is 36.4 Å². The summed E-state index contributed by atoms with van der Waals surface area (Å²) in [6, 6.07) is 16.8. The Morgan fingerprint density at radius 2 is 1.70 bits per heavy atom. The molecule has 1 heterocycles. The molecule has 30 heavy (non-hydrogen) atoms. The van der Waals surface area contributed by atoms with Crippen molar-refractivity contribution in [1.29, 1.82) is 0 Å². The quantitative estimate of drug-likeness (QED) is 0.689. The minimum atomic E-state index is -3.63. The van der Waals surface area contributed by atoms with Crippen LogP contribution in [0.5, 0.6) is 11.5 Å². The van der Waals surface area contributed by atoms with Gasteiger partial charge in [-0.3, -0.25) is 9.10 Å². The summed E-state index contributed by atoms with van der Waals surface area (Å²) in [6.45, 7) is 0. The molecule has 4 rings (SSSR count). The van der Waals surface area contributed by atoms with E-state index in [0.717, 1.165) is 0 Å². The summed E-state index contributed by atoms with van der Waals surface area (Å²) < 4.78 is 37.3. The van der Waals surface area contributed by atoms with Crippen molar-refractivity contribution in [3.05, 3.63) is 66.2 Å². The lowest BCUT2D eigenvalue weighted by atomic mass is 10.00. The largest absolute Gasteiger partial charge is 0.497 e. The van der Waals surface area contributed by atoms with Crippen LogP contribution in [0, 0.1) is 0 Å². The highest BCUT2D eigenvalue weighted by atomic mass is 32.2. The maximum atomic E-state index is 12.9. The second-order valence-electron chi connectivity index (χ2n) is 6.72. The molecule has 0 spiro atoms. The number of methoxy groups -OCH3 is 2. The fourth-order valence-corrected chi connectivity index (χ4v) is 4.88. The Morgan fingerprint density at radius 3 is 2.43 bits per heavy atom. The zero-order valence-electron chi connectivity index (χ0n) is 16.7. The van der Waals surface area contributed by atoms with Gasteiger partial charge in [-0.2, -0.15) is 0 Å². The normalized spacial score (nSPS) is 13.8. The minimum Gasteiger partial charge on any atom is -0.497 e. The Labute approximate surface area is 174 Å². The first kappa shape index (κ1) is 19.8. The van der Waals surface area contributed by atoms with Gasteiger partial charge in [-0.1, -0.05) is 18.2 Å². The van der Waals surface area contributed by atoms with Gasteiger partial charge in [0.05, 0.1) is 30.5 Å².